The summed E-state index contributed by atoms with van der Waals surface area (Å²) >= 11 is 0. The summed E-state index contributed by atoms with van der Waals surface area (Å²) in [6.07, 6.45) is 0. The first-order valence-corrected chi connectivity index (χ1v) is 19.6. The quantitative estimate of drug-likeness (QED) is 0.156. The number of rotatable bonds is 8. The van der Waals surface area contributed by atoms with Crippen LogP contribution in [0, 0.1) is 0 Å². The SMILES string of the molecule is c1ccc(-c2nc(-c3ccccc3)nc(-c3ccc4ccccc4c3-c3ccc(-c4cc(-c5ccccc5)c(-c5ccccc5)c(-c5ccccc5)c4)cc3)n2)cc1. The molecule has 58 heavy (non-hydrogen) atoms. The van der Waals surface area contributed by atoms with E-state index in [4.69, 9.17) is 15.0 Å². The molecular formula is C55H37N3. The summed E-state index contributed by atoms with van der Waals surface area (Å²) in [7, 11) is 0. The Bertz CT molecular complexity index is 2880. The lowest BCUT2D eigenvalue weighted by Crippen LogP contribution is -2.01. The van der Waals surface area contributed by atoms with Crippen molar-refractivity contribution in [3.05, 3.63) is 224 Å². The normalized spacial score (nSPS) is 11.1. The minimum absolute atomic E-state index is 0.633. The van der Waals surface area contributed by atoms with Crippen LogP contribution in [0.2, 0.25) is 0 Å². The van der Waals surface area contributed by atoms with Gasteiger partial charge in [-0.3, -0.25) is 0 Å². The largest absolute Gasteiger partial charge is 0.208 e. The van der Waals surface area contributed by atoms with Crippen LogP contribution in [0.3, 0.4) is 0 Å². The molecule has 0 aliphatic heterocycles. The lowest BCUT2D eigenvalue weighted by Gasteiger charge is -2.19. The summed E-state index contributed by atoms with van der Waals surface area (Å²) in [6, 6.07) is 79.1. The molecular weight excluding hydrogens is 703 g/mol. The van der Waals surface area contributed by atoms with Crippen molar-refractivity contribution in [2.75, 3.05) is 0 Å². The number of hydrogen-bond acceptors (Lipinski definition) is 3. The van der Waals surface area contributed by atoms with Crippen LogP contribution >= 0.6 is 0 Å². The van der Waals surface area contributed by atoms with Gasteiger partial charge < -0.3 is 0 Å². The maximum absolute atomic E-state index is 5.15. The summed E-state index contributed by atoms with van der Waals surface area (Å²) in [5.74, 6) is 1.91. The van der Waals surface area contributed by atoms with Crippen molar-refractivity contribution < 1.29 is 0 Å². The highest BCUT2D eigenvalue weighted by Crippen LogP contribution is 2.44. The van der Waals surface area contributed by atoms with Gasteiger partial charge >= 0.3 is 0 Å². The van der Waals surface area contributed by atoms with Gasteiger partial charge in [0.1, 0.15) is 0 Å². The number of benzene rings is 9. The summed E-state index contributed by atoms with van der Waals surface area (Å²) in [6.45, 7) is 0. The van der Waals surface area contributed by atoms with Gasteiger partial charge in [-0.1, -0.05) is 206 Å². The molecule has 0 saturated carbocycles. The summed E-state index contributed by atoms with van der Waals surface area (Å²) in [5.41, 5.74) is 14.5. The van der Waals surface area contributed by atoms with E-state index in [0.29, 0.717) is 17.5 Å². The highest BCUT2D eigenvalue weighted by Gasteiger charge is 2.20. The standard InChI is InChI=1S/C55H37N3/c1-6-18-39(19-7-1)49-36-46(37-50(40-20-8-2-9-21-40)52(49)42-23-10-3-11-24-42)38-30-32-43(33-31-38)51-47-29-17-16-22-41(47)34-35-48(51)55-57-53(44-25-12-4-13-26-44)56-54(58-55)45-27-14-5-15-28-45/h1-37H. The van der Waals surface area contributed by atoms with Gasteiger partial charge in [-0.2, -0.15) is 0 Å². The monoisotopic (exact) mass is 739 g/mol. The van der Waals surface area contributed by atoms with Crippen LogP contribution < -0.4 is 0 Å². The molecule has 0 radical (unpaired) electrons. The van der Waals surface area contributed by atoms with Crippen molar-refractivity contribution >= 4 is 10.8 Å². The van der Waals surface area contributed by atoms with Gasteiger partial charge in [0.25, 0.3) is 0 Å². The topological polar surface area (TPSA) is 38.7 Å². The molecule has 0 unspecified atom stereocenters. The Morgan fingerprint density at radius 2 is 0.621 bits per heavy atom. The molecule has 0 bridgehead atoms. The Kier molecular flexibility index (Phi) is 9.23. The highest BCUT2D eigenvalue weighted by atomic mass is 15.0. The number of nitrogens with zero attached hydrogens (tertiary/aromatic N) is 3. The van der Waals surface area contributed by atoms with E-state index >= 15 is 0 Å². The summed E-state index contributed by atoms with van der Waals surface area (Å²) in [5, 5.41) is 2.29. The Hall–Kier alpha value is -7.75. The van der Waals surface area contributed by atoms with Crippen LogP contribution in [0.15, 0.2) is 224 Å². The molecule has 10 aromatic rings. The van der Waals surface area contributed by atoms with Gasteiger partial charge in [0.15, 0.2) is 17.5 Å². The Morgan fingerprint density at radius 1 is 0.224 bits per heavy atom. The Balaban J connectivity index is 1.15. The van der Waals surface area contributed by atoms with E-state index in [-0.39, 0.29) is 0 Å². The van der Waals surface area contributed by atoms with E-state index in [0.717, 1.165) is 49.7 Å². The molecule has 10 rings (SSSR count). The average molecular weight is 740 g/mol. The molecule has 0 saturated heterocycles. The van der Waals surface area contributed by atoms with Crippen LogP contribution in [0.25, 0.3) is 101 Å². The summed E-state index contributed by atoms with van der Waals surface area (Å²) < 4.78 is 0. The Labute approximate surface area is 338 Å². The zero-order valence-electron chi connectivity index (χ0n) is 31.7. The summed E-state index contributed by atoms with van der Waals surface area (Å²) in [4.78, 5) is 15.3. The predicted octanol–water partition coefficient (Wildman–Crippen LogP) is 14.4. The van der Waals surface area contributed by atoms with E-state index in [1.807, 2.05) is 60.7 Å². The van der Waals surface area contributed by atoms with Crippen molar-refractivity contribution in [3.63, 3.8) is 0 Å². The third kappa shape index (κ3) is 6.76. The number of hydrogen-bond donors (Lipinski definition) is 0. The maximum Gasteiger partial charge on any atom is 0.164 e. The van der Waals surface area contributed by atoms with Gasteiger partial charge in [0, 0.05) is 22.3 Å². The van der Waals surface area contributed by atoms with E-state index in [9.17, 15) is 0 Å². The van der Waals surface area contributed by atoms with Gasteiger partial charge in [0.2, 0.25) is 0 Å². The predicted molar refractivity (Wildman–Crippen MR) is 241 cm³/mol. The van der Waals surface area contributed by atoms with Crippen molar-refractivity contribution in [2.24, 2.45) is 0 Å². The highest BCUT2D eigenvalue weighted by molar-refractivity contribution is 6.04. The van der Waals surface area contributed by atoms with E-state index < -0.39 is 0 Å². The molecule has 1 aromatic heterocycles. The van der Waals surface area contributed by atoms with Gasteiger partial charge in [-0.05, 0) is 79.0 Å². The molecule has 0 aliphatic rings. The molecule has 1 heterocycles. The van der Waals surface area contributed by atoms with E-state index in [2.05, 4.69) is 164 Å². The molecule has 0 amide bonds. The van der Waals surface area contributed by atoms with Crippen molar-refractivity contribution in [1.29, 1.82) is 0 Å². The van der Waals surface area contributed by atoms with Gasteiger partial charge in [0.05, 0.1) is 0 Å². The smallest absolute Gasteiger partial charge is 0.164 e. The second-order valence-corrected chi connectivity index (χ2v) is 14.4. The molecule has 0 aliphatic carbocycles. The number of fused-ring (bicyclic) bond motifs is 1. The molecule has 0 N–H and O–H groups in total. The van der Waals surface area contributed by atoms with Crippen LogP contribution in [0.4, 0.5) is 0 Å². The minimum atomic E-state index is 0.633. The fraction of sp³-hybridized carbons (Fsp3) is 0. The third-order valence-electron chi connectivity index (χ3n) is 10.7. The van der Waals surface area contributed by atoms with Crippen LogP contribution in [0.5, 0.6) is 0 Å². The average Bonchev–Trinajstić information content (AvgIpc) is 3.32. The van der Waals surface area contributed by atoms with Crippen molar-refractivity contribution in [1.82, 2.24) is 15.0 Å². The fourth-order valence-corrected chi connectivity index (χ4v) is 7.94. The first-order valence-electron chi connectivity index (χ1n) is 19.6. The minimum Gasteiger partial charge on any atom is -0.208 e. The molecule has 0 fully saturated rings. The van der Waals surface area contributed by atoms with Crippen molar-refractivity contribution in [2.45, 2.75) is 0 Å². The second kappa shape index (κ2) is 15.4. The fourth-order valence-electron chi connectivity index (χ4n) is 7.94. The van der Waals surface area contributed by atoms with E-state index in [1.165, 1.54) is 33.4 Å². The molecule has 3 nitrogen and oxygen atoms in total. The van der Waals surface area contributed by atoms with Crippen LogP contribution in [-0.2, 0) is 0 Å². The van der Waals surface area contributed by atoms with E-state index in [1.54, 1.807) is 0 Å². The molecule has 9 aromatic carbocycles. The second-order valence-electron chi connectivity index (χ2n) is 14.4. The van der Waals surface area contributed by atoms with Crippen LogP contribution in [0.1, 0.15) is 0 Å². The zero-order valence-corrected chi connectivity index (χ0v) is 31.7. The van der Waals surface area contributed by atoms with Gasteiger partial charge in [-0.15, -0.1) is 0 Å². The Morgan fingerprint density at radius 3 is 1.14 bits per heavy atom. The van der Waals surface area contributed by atoms with Crippen LogP contribution in [-0.4, -0.2) is 15.0 Å². The molecule has 3 heteroatoms. The molecule has 272 valence electrons. The zero-order chi connectivity index (χ0) is 38.7. The van der Waals surface area contributed by atoms with Crippen molar-refractivity contribution in [3.8, 4) is 89.8 Å². The van der Waals surface area contributed by atoms with Gasteiger partial charge in [-0.25, -0.2) is 15.0 Å². The first kappa shape index (κ1) is 34.7. The molecule has 0 spiro atoms. The molecule has 0 atom stereocenters. The lowest BCUT2D eigenvalue weighted by atomic mass is 9.84. The maximum atomic E-state index is 5.15. The lowest BCUT2D eigenvalue weighted by molar-refractivity contribution is 1.07. The third-order valence-corrected chi connectivity index (χ3v) is 10.7. The first-order chi connectivity index (χ1) is 28.8. The number of aromatic nitrogens is 3.